The van der Waals surface area contributed by atoms with Gasteiger partial charge >= 0.3 is 0 Å². The van der Waals surface area contributed by atoms with Gasteiger partial charge in [0, 0.05) is 66.5 Å². The maximum absolute atomic E-state index is 14.1. The Labute approximate surface area is 237 Å². The van der Waals surface area contributed by atoms with Gasteiger partial charge in [0.15, 0.2) is 0 Å². The lowest BCUT2D eigenvalue weighted by Gasteiger charge is -2.36. The summed E-state index contributed by atoms with van der Waals surface area (Å²) in [4.78, 5) is 33.3. The highest BCUT2D eigenvalue weighted by molar-refractivity contribution is 8.04. The van der Waals surface area contributed by atoms with Crippen molar-refractivity contribution in [3.8, 4) is 0 Å². The largest absolute Gasteiger partial charge is 0.369 e. The predicted molar refractivity (Wildman–Crippen MR) is 157 cm³/mol. The van der Waals surface area contributed by atoms with Gasteiger partial charge in [0.1, 0.15) is 5.82 Å². The van der Waals surface area contributed by atoms with Crippen LogP contribution < -0.4 is 15.1 Å². The van der Waals surface area contributed by atoms with E-state index in [9.17, 15) is 14.0 Å². The maximum Gasteiger partial charge on any atom is 0.264 e. The Hall–Kier alpha value is -3.33. The van der Waals surface area contributed by atoms with E-state index in [0.717, 1.165) is 54.8 Å². The quantitative estimate of drug-likeness (QED) is 0.302. The lowest BCUT2D eigenvalue weighted by Crippen LogP contribution is -2.47. The van der Waals surface area contributed by atoms with Gasteiger partial charge in [-0.05, 0) is 61.5 Å². The molecule has 2 heterocycles. The minimum Gasteiger partial charge on any atom is -0.369 e. The number of halogens is 2. The van der Waals surface area contributed by atoms with Crippen molar-refractivity contribution in [1.82, 2.24) is 10.2 Å². The number of likely N-dealkylation sites (N-methyl/N-ethyl adjacent to an activating group) is 1. The summed E-state index contributed by atoms with van der Waals surface area (Å²) in [7, 11) is 1.67. The number of fused-ring (bicyclic) bond motifs is 1. The number of hydrogen-bond donors (Lipinski definition) is 1. The number of nitrogens with one attached hydrogen (secondary N) is 1. The molecular formula is C30H30ClFN4O2S. The van der Waals surface area contributed by atoms with Crippen molar-refractivity contribution in [3.05, 3.63) is 93.6 Å². The van der Waals surface area contributed by atoms with Crippen molar-refractivity contribution in [2.45, 2.75) is 11.3 Å². The van der Waals surface area contributed by atoms with Crippen LogP contribution in [0.1, 0.15) is 22.3 Å². The monoisotopic (exact) mass is 564 g/mol. The second-order valence-corrected chi connectivity index (χ2v) is 11.1. The standard InChI is InChI=1S/C30H30ClFN4O2S/c1-34-26-18-22(10-11-27(26)39-28(30(34)38)19-21-6-2-3-9-25(21)32)29(37)33-12-5-13-35-14-16-36(17-15-35)24-8-4-7-23(31)20-24/h2-4,6-11,18-20H,5,12-17H2,1H3,(H,33,37)/b28-19-. The molecule has 2 amide bonds. The topological polar surface area (TPSA) is 55.9 Å². The molecule has 9 heteroatoms. The van der Waals surface area contributed by atoms with Crippen LogP contribution in [0.2, 0.25) is 5.02 Å². The van der Waals surface area contributed by atoms with Crippen molar-refractivity contribution in [2.75, 3.05) is 56.1 Å². The average Bonchev–Trinajstić information content (AvgIpc) is 2.95. The molecule has 0 bridgehead atoms. The van der Waals surface area contributed by atoms with Crippen molar-refractivity contribution in [1.29, 1.82) is 0 Å². The third kappa shape index (κ3) is 6.46. The van der Waals surface area contributed by atoms with E-state index in [1.165, 1.54) is 22.7 Å². The van der Waals surface area contributed by atoms with E-state index in [2.05, 4.69) is 21.2 Å². The third-order valence-electron chi connectivity index (χ3n) is 6.99. The zero-order chi connectivity index (χ0) is 27.4. The van der Waals surface area contributed by atoms with E-state index in [4.69, 9.17) is 11.6 Å². The van der Waals surface area contributed by atoms with E-state index in [-0.39, 0.29) is 17.6 Å². The van der Waals surface area contributed by atoms with Crippen LogP contribution in [0, 0.1) is 5.82 Å². The first-order chi connectivity index (χ1) is 18.9. The van der Waals surface area contributed by atoms with E-state index >= 15 is 0 Å². The Morgan fingerprint density at radius 2 is 1.85 bits per heavy atom. The lowest BCUT2D eigenvalue weighted by atomic mass is 10.1. The molecule has 39 heavy (non-hydrogen) atoms. The Kier molecular flexibility index (Phi) is 8.55. The van der Waals surface area contributed by atoms with Crippen LogP contribution in [0.5, 0.6) is 0 Å². The number of benzene rings is 3. The van der Waals surface area contributed by atoms with Crippen LogP contribution in [-0.2, 0) is 4.79 Å². The van der Waals surface area contributed by atoms with Gasteiger partial charge in [-0.3, -0.25) is 14.5 Å². The summed E-state index contributed by atoms with van der Waals surface area (Å²) in [6, 6.07) is 19.7. The van der Waals surface area contributed by atoms with Crippen LogP contribution in [0.3, 0.4) is 0 Å². The molecular weight excluding hydrogens is 535 g/mol. The van der Waals surface area contributed by atoms with Gasteiger partial charge in [0.25, 0.3) is 11.8 Å². The number of thioether (sulfide) groups is 1. The molecule has 0 aliphatic carbocycles. The number of amides is 2. The highest BCUT2D eigenvalue weighted by Crippen LogP contribution is 2.42. The van der Waals surface area contributed by atoms with Gasteiger partial charge in [0.2, 0.25) is 0 Å². The molecule has 0 atom stereocenters. The van der Waals surface area contributed by atoms with Gasteiger partial charge < -0.3 is 15.1 Å². The summed E-state index contributed by atoms with van der Waals surface area (Å²) in [5, 5.41) is 3.76. The molecule has 2 aliphatic heterocycles. The van der Waals surface area contributed by atoms with Crippen molar-refractivity contribution in [3.63, 3.8) is 0 Å². The van der Waals surface area contributed by atoms with Gasteiger partial charge in [-0.2, -0.15) is 0 Å². The summed E-state index contributed by atoms with van der Waals surface area (Å²) in [6.07, 6.45) is 2.42. The fourth-order valence-corrected chi connectivity index (χ4v) is 6.05. The number of rotatable bonds is 7. The van der Waals surface area contributed by atoms with Crippen LogP contribution in [0.15, 0.2) is 76.5 Å². The van der Waals surface area contributed by atoms with Gasteiger partial charge in [-0.25, -0.2) is 4.39 Å². The third-order valence-corrected chi connectivity index (χ3v) is 8.30. The van der Waals surface area contributed by atoms with Crippen LogP contribution in [0.25, 0.3) is 6.08 Å². The second kappa shape index (κ2) is 12.2. The fourth-order valence-electron chi connectivity index (χ4n) is 4.78. The summed E-state index contributed by atoms with van der Waals surface area (Å²) >= 11 is 7.42. The van der Waals surface area contributed by atoms with Gasteiger partial charge in [-0.1, -0.05) is 47.6 Å². The summed E-state index contributed by atoms with van der Waals surface area (Å²) in [5.41, 5.74) is 2.69. The summed E-state index contributed by atoms with van der Waals surface area (Å²) in [6.45, 7) is 5.32. The molecule has 0 spiro atoms. The summed E-state index contributed by atoms with van der Waals surface area (Å²) < 4.78 is 14.1. The molecule has 0 saturated carbocycles. The van der Waals surface area contributed by atoms with E-state index in [0.29, 0.717) is 28.3 Å². The highest BCUT2D eigenvalue weighted by Gasteiger charge is 2.27. The number of nitrogens with zero attached hydrogens (tertiary/aromatic N) is 3. The molecule has 0 unspecified atom stereocenters. The molecule has 6 nitrogen and oxygen atoms in total. The molecule has 3 aromatic rings. The number of carbonyl (C=O) groups is 2. The van der Waals surface area contributed by atoms with Gasteiger partial charge in [0.05, 0.1) is 10.6 Å². The van der Waals surface area contributed by atoms with E-state index < -0.39 is 0 Å². The van der Waals surface area contributed by atoms with Gasteiger partial charge in [-0.15, -0.1) is 0 Å². The lowest BCUT2D eigenvalue weighted by molar-refractivity contribution is -0.114. The fraction of sp³-hybridized carbons (Fsp3) is 0.267. The number of hydrogen-bond acceptors (Lipinski definition) is 5. The normalized spacial score (nSPS) is 16.9. The molecule has 1 fully saturated rings. The zero-order valence-corrected chi connectivity index (χ0v) is 23.3. The van der Waals surface area contributed by atoms with E-state index in [1.54, 1.807) is 43.5 Å². The first-order valence-corrected chi connectivity index (χ1v) is 14.2. The first-order valence-electron chi connectivity index (χ1n) is 13.0. The van der Waals surface area contributed by atoms with E-state index in [1.807, 2.05) is 24.3 Å². The molecule has 0 aromatic heterocycles. The van der Waals surface area contributed by atoms with Crippen molar-refractivity contribution in [2.24, 2.45) is 0 Å². The molecule has 2 aliphatic rings. The highest BCUT2D eigenvalue weighted by atomic mass is 35.5. The smallest absolute Gasteiger partial charge is 0.264 e. The maximum atomic E-state index is 14.1. The van der Waals surface area contributed by atoms with Crippen molar-refractivity contribution >= 4 is 52.6 Å². The van der Waals surface area contributed by atoms with Crippen LogP contribution in [0.4, 0.5) is 15.8 Å². The Morgan fingerprint density at radius 3 is 2.62 bits per heavy atom. The minimum absolute atomic E-state index is 0.165. The summed E-state index contributed by atoms with van der Waals surface area (Å²) in [5.74, 6) is -0.774. The Balaban J connectivity index is 1.12. The molecule has 0 radical (unpaired) electrons. The number of anilines is 2. The first kappa shape index (κ1) is 27.2. The molecule has 202 valence electrons. The number of piperazine rings is 1. The van der Waals surface area contributed by atoms with Crippen LogP contribution >= 0.6 is 23.4 Å². The Bertz CT molecular complexity index is 1410. The molecule has 5 rings (SSSR count). The Morgan fingerprint density at radius 1 is 1.05 bits per heavy atom. The number of carbonyl (C=O) groups excluding carboxylic acids is 2. The zero-order valence-electron chi connectivity index (χ0n) is 21.7. The SMILES string of the molecule is CN1C(=O)/C(=C/c2ccccc2F)Sc2ccc(C(=O)NCCCN3CCN(c4cccc(Cl)c4)CC3)cc21. The molecule has 1 N–H and O–H groups in total. The van der Waals surface area contributed by atoms with Crippen molar-refractivity contribution < 1.29 is 14.0 Å². The van der Waals surface area contributed by atoms with Crippen LogP contribution in [-0.4, -0.2) is 63.0 Å². The molecule has 1 saturated heterocycles. The second-order valence-electron chi connectivity index (χ2n) is 9.60. The predicted octanol–water partition coefficient (Wildman–Crippen LogP) is 5.53. The molecule has 3 aromatic carbocycles. The minimum atomic E-state index is -0.376. The average molecular weight is 565 g/mol.